The number of ether oxygens (including phenoxy) is 1. The smallest absolute Gasteiger partial charge is 0.271 e. The van der Waals surface area contributed by atoms with Gasteiger partial charge in [0.1, 0.15) is 12.0 Å². The number of aromatic nitrogens is 1. The Bertz CT molecular complexity index is 840. The predicted molar refractivity (Wildman–Crippen MR) is 90.0 cm³/mol. The molecule has 1 aromatic heterocycles. The number of amides is 1. The van der Waals surface area contributed by atoms with Crippen LogP contribution in [0.4, 0.5) is 0 Å². The van der Waals surface area contributed by atoms with Gasteiger partial charge in [0.15, 0.2) is 0 Å². The molecule has 1 amide bonds. The fourth-order valence-corrected chi connectivity index (χ4v) is 2.08. The predicted octanol–water partition coefficient (Wildman–Crippen LogP) is 3.11. The molecule has 0 bridgehead atoms. The van der Waals surface area contributed by atoms with Crippen LogP contribution in [0.25, 0.3) is 11.5 Å². The van der Waals surface area contributed by atoms with Gasteiger partial charge in [0.2, 0.25) is 5.89 Å². The number of nitrogens with one attached hydrogen (secondary N) is 1. The Hall–Kier alpha value is -3.41. The van der Waals surface area contributed by atoms with E-state index in [1.807, 2.05) is 24.3 Å². The lowest BCUT2D eigenvalue weighted by Crippen LogP contribution is -2.17. The molecule has 24 heavy (non-hydrogen) atoms. The van der Waals surface area contributed by atoms with Crippen LogP contribution in [0.5, 0.6) is 5.75 Å². The Morgan fingerprint density at radius 1 is 1.25 bits per heavy atom. The zero-order chi connectivity index (χ0) is 16.8. The van der Waals surface area contributed by atoms with Gasteiger partial charge in [0, 0.05) is 11.1 Å². The lowest BCUT2D eigenvalue weighted by Gasteiger charge is -2.02. The van der Waals surface area contributed by atoms with Gasteiger partial charge in [-0.2, -0.15) is 5.10 Å². The van der Waals surface area contributed by atoms with Crippen LogP contribution in [0.1, 0.15) is 15.9 Å². The third-order valence-electron chi connectivity index (χ3n) is 3.30. The number of oxazole rings is 1. The van der Waals surface area contributed by atoms with Crippen LogP contribution in [-0.2, 0) is 0 Å². The van der Waals surface area contributed by atoms with Crippen molar-refractivity contribution < 1.29 is 13.9 Å². The van der Waals surface area contributed by atoms with Crippen LogP contribution >= 0.6 is 0 Å². The first-order valence-electron chi connectivity index (χ1n) is 7.23. The van der Waals surface area contributed by atoms with E-state index in [0.29, 0.717) is 11.5 Å². The molecule has 2 aromatic carbocycles. The van der Waals surface area contributed by atoms with E-state index in [2.05, 4.69) is 15.5 Å². The first kappa shape index (κ1) is 15.5. The van der Waals surface area contributed by atoms with Crippen molar-refractivity contribution in [2.24, 2.45) is 5.10 Å². The minimum Gasteiger partial charge on any atom is -0.497 e. The second-order valence-corrected chi connectivity index (χ2v) is 4.89. The van der Waals surface area contributed by atoms with Gasteiger partial charge in [-0.1, -0.05) is 12.1 Å². The molecule has 0 radical (unpaired) electrons. The van der Waals surface area contributed by atoms with Crippen LogP contribution in [0.2, 0.25) is 0 Å². The van der Waals surface area contributed by atoms with Crippen LogP contribution in [0.15, 0.2) is 70.5 Å². The molecule has 0 aliphatic rings. The SMILES string of the molecule is COc1cccc(/C=N/NC(=O)c2ccc(-c3ncco3)cc2)c1. The van der Waals surface area contributed by atoms with Crippen molar-refractivity contribution in [2.75, 3.05) is 7.11 Å². The number of benzene rings is 2. The Kier molecular flexibility index (Phi) is 4.67. The van der Waals surface area contributed by atoms with E-state index in [-0.39, 0.29) is 5.91 Å². The summed E-state index contributed by atoms with van der Waals surface area (Å²) >= 11 is 0. The third-order valence-corrected chi connectivity index (χ3v) is 3.30. The summed E-state index contributed by atoms with van der Waals surface area (Å²) < 4.78 is 10.3. The Morgan fingerprint density at radius 3 is 2.79 bits per heavy atom. The minimum absolute atomic E-state index is 0.298. The van der Waals surface area contributed by atoms with Gasteiger partial charge in [-0.3, -0.25) is 4.79 Å². The Balaban J connectivity index is 1.63. The molecule has 1 heterocycles. The monoisotopic (exact) mass is 321 g/mol. The molecular weight excluding hydrogens is 306 g/mol. The standard InChI is InChI=1S/C18H15N3O3/c1-23-16-4-2-3-13(11-16)12-20-21-17(22)14-5-7-15(8-6-14)18-19-9-10-24-18/h2-12H,1H3,(H,21,22)/b20-12+. The summed E-state index contributed by atoms with van der Waals surface area (Å²) in [4.78, 5) is 16.1. The average Bonchev–Trinajstić information content (AvgIpc) is 3.16. The number of rotatable bonds is 5. The second-order valence-electron chi connectivity index (χ2n) is 4.89. The number of nitrogens with zero attached hydrogens (tertiary/aromatic N) is 2. The summed E-state index contributed by atoms with van der Waals surface area (Å²) in [7, 11) is 1.60. The molecule has 6 nitrogen and oxygen atoms in total. The molecule has 0 fully saturated rings. The van der Waals surface area contributed by atoms with E-state index in [1.165, 1.54) is 6.26 Å². The minimum atomic E-state index is -0.298. The molecule has 0 atom stereocenters. The number of hydrazone groups is 1. The quantitative estimate of drug-likeness (QED) is 0.578. The van der Waals surface area contributed by atoms with Gasteiger partial charge in [-0.15, -0.1) is 0 Å². The molecule has 0 aliphatic heterocycles. The van der Waals surface area contributed by atoms with Crippen molar-refractivity contribution in [3.63, 3.8) is 0 Å². The van der Waals surface area contributed by atoms with Crippen molar-refractivity contribution in [1.82, 2.24) is 10.4 Å². The Morgan fingerprint density at radius 2 is 2.08 bits per heavy atom. The molecule has 0 spiro atoms. The van der Waals surface area contributed by atoms with Gasteiger partial charge in [0.05, 0.1) is 19.5 Å². The Labute approximate surface area is 138 Å². The van der Waals surface area contributed by atoms with Crippen molar-refractivity contribution in [3.05, 3.63) is 72.1 Å². The number of carbonyl (C=O) groups excluding carboxylic acids is 1. The highest BCUT2D eigenvalue weighted by atomic mass is 16.5. The zero-order valence-electron chi connectivity index (χ0n) is 13.0. The van der Waals surface area contributed by atoms with Crippen molar-refractivity contribution in [3.8, 4) is 17.2 Å². The molecule has 120 valence electrons. The summed E-state index contributed by atoms with van der Waals surface area (Å²) in [5, 5.41) is 3.95. The summed E-state index contributed by atoms with van der Waals surface area (Å²) in [5.74, 6) is 0.943. The van der Waals surface area contributed by atoms with Crippen molar-refractivity contribution >= 4 is 12.1 Å². The molecule has 0 unspecified atom stereocenters. The molecule has 1 N–H and O–H groups in total. The van der Waals surface area contributed by atoms with Gasteiger partial charge in [0.25, 0.3) is 5.91 Å². The van der Waals surface area contributed by atoms with Crippen LogP contribution < -0.4 is 10.2 Å². The lowest BCUT2D eigenvalue weighted by atomic mass is 10.1. The number of hydrogen-bond acceptors (Lipinski definition) is 5. The van der Waals surface area contributed by atoms with E-state index < -0.39 is 0 Å². The molecule has 0 aliphatic carbocycles. The van der Waals surface area contributed by atoms with E-state index >= 15 is 0 Å². The van der Waals surface area contributed by atoms with E-state index in [4.69, 9.17) is 9.15 Å². The van der Waals surface area contributed by atoms with Crippen LogP contribution in [0.3, 0.4) is 0 Å². The second kappa shape index (κ2) is 7.23. The summed E-state index contributed by atoms with van der Waals surface area (Å²) in [6, 6.07) is 14.3. The van der Waals surface area contributed by atoms with Gasteiger partial charge in [-0.05, 0) is 42.0 Å². The average molecular weight is 321 g/mol. The van der Waals surface area contributed by atoms with Gasteiger partial charge in [-0.25, -0.2) is 10.4 Å². The first-order valence-corrected chi connectivity index (χ1v) is 7.23. The lowest BCUT2D eigenvalue weighted by molar-refractivity contribution is 0.0955. The van der Waals surface area contributed by atoms with Crippen LogP contribution in [-0.4, -0.2) is 24.2 Å². The highest BCUT2D eigenvalue weighted by molar-refractivity contribution is 5.95. The van der Waals surface area contributed by atoms with E-state index in [0.717, 1.165) is 16.9 Å². The highest BCUT2D eigenvalue weighted by Gasteiger charge is 2.06. The van der Waals surface area contributed by atoms with Crippen molar-refractivity contribution in [2.45, 2.75) is 0 Å². The highest BCUT2D eigenvalue weighted by Crippen LogP contribution is 2.17. The number of carbonyl (C=O) groups is 1. The molecular formula is C18H15N3O3. The maximum atomic E-state index is 12.1. The topological polar surface area (TPSA) is 76.7 Å². The van der Waals surface area contributed by atoms with Crippen LogP contribution in [0, 0.1) is 0 Å². The summed E-state index contributed by atoms with van der Waals surface area (Å²) in [5.41, 5.74) is 4.61. The first-order chi connectivity index (χ1) is 11.8. The van der Waals surface area contributed by atoms with Gasteiger partial charge >= 0.3 is 0 Å². The molecule has 0 saturated carbocycles. The van der Waals surface area contributed by atoms with Gasteiger partial charge < -0.3 is 9.15 Å². The normalized spacial score (nSPS) is 10.7. The molecule has 0 saturated heterocycles. The maximum absolute atomic E-state index is 12.1. The number of methoxy groups -OCH3 is 1. The summed E-state index contributed by atoms with van der Waals surface area (Å²) in [6.07, 6.45) is 4.63. The fraction of sp³-hybridized carbons (Fsp3) is 0.0556. The molecule has 3 rings (SSSR count). The summed E-state index contributed by atoms with van der Waals surface area (Å²) in [6.45, 7) is 0. The third kappa shape index (κ3) is 3.67. The molecule has 3 aromatic rings. The zero-order valence-corrected chi connectivity index (χ0v) is 13.0. The van der Waals surface area contributed by atoms with Crippen molar-refractivity contribution in [1.29, 1.82) is 0 Å². The number of hydrogen-bond donors (Lipinski definition) is 1. The fourth-order valence-electron chi connectivity index (χ4n) is 2.08. The van der Waals surface area contributed by atoms with E-state index in [9.17, 15) is 4.79 Å². The maximum Gasteiger partial charge on any atom is 0.271 e. The molecule has 6 heteroatoms. The largest absolute Gasteiger partial charge is 0.497 e. The van der Waals surface area contributed by atoms with E-state index in [1.54, 1.807) is 43.8 Å².